The Kier molecular flexibility index (Phi) is 5.16. The van der Waals surface area contributed by atoms with E-state index in [0.29, 0.717) is 33.6 Å². The highest BCUT2D eigenvalue weighted by atomic mass is 16.5. The minimum atomic E-state index is -1.05. The fraction of sp³-hybridized carbons (Fsp3) is 0.0400. The second-order valence-electron chi connectivity index (χ2n) is 7.21. The predicted octanol–water partition coefficient (Wildman–Crippen LogP) is 4.16. The number of nitrogens with zero attached hydrogens (tertiary/aromatic N) is 3. The first kappa shape index (κ1) is 20.2. The lowest BCUT2D eigenvalue weighted by Gasteiger charge is -2.07. The number of ether oxygens (including phenoxy) is 1. The van der Waals surface area contributed by atoms with Gasteiger partial charge in [0.25, 0.3) is 5.56 Å². The van der Waals surface area contributed by atoms with Gasteiger partial charge in [0.05, 0.1) is 17.1 Å². The quantitative estimate of drug-likeness (QED) is 0.398. The molecule has 0 amide bonds. The number of fused-ring (bicyclic) bond motifs is 2. The molecule has 0 spiro atoms. The van der Waals surface area contributed by atoms with Gasteiger partial charge >= 0.3 is 5.97 Å². The van der Waals surface area contributed by atoms with Crippen LogP contribution in [0.2, 0.25) is 0 Å². The van der Waals surface area contributed by atoms with Crippen LogP contribution in [0.4, 0.5) is 0 Å². The molecule has 5 aromatic rings. The summed E-state index contributed by atoms with van der Waals surface area (Å²) in [5, 5.41) is 14.4. The molecule has 0 fully saturated rings. The highest BCUT2D eigenvalue weighted by molar-refractivity contribution is 5.84. The van der Waals surface area contributed by atoms with Gasteiger partial charge in [-0.1, -0.05) is 30.3 Å². The summed E-state index contributed by atoms with van der Waals surface area (Å²) in [7, 11) is 0. The van der Waals surface area contributed by atoms with Crippen LogP contribution in [-0.4, -0.2) is 33.6 Å². The summed E-state index contributed by atoms with van der Waals surface area (Å²) in [4.78, 5) is 28.5. The molecule has 2 aromatic heterocycles. The van der Waals surface area contributed by atoms with Crippen molar-refractivity contribution < 1.29 is 19.1 Å². The maximum absolute atomic E-state index is 13.3. The molecule has 0 aliphatic rings. The number of hydrogen-bond acceptors (Lipinski definition) is 6. The van der Waals surface area contributed by atoms with Crippen molar-refractivity contribution in [2.45, 2.75) is 0 Å². The Labute approximate surface area is 187 Å². The third-order valence-electron chi connectivity index (χ3n) is 4.96. The summed E-state index contributed by atoms with van der Waals surface area (Å²) in [6.45, 7) is -0.424. The van der Waals surface area contributed by atoms with E-state index in [-0.39, 0.29) is 11.4 Å². The number of aromatic nitrogens is 2. The molecule has 33 heavy (non-hydrogen) atoms. The number of para-hydroxylation sites is 2. The van der Waals surface area contributed by atoms with Gasteiger partial charge in [-0.05, 0) is 54.1 Å². The van der Waals surface area contributed by atoms with E-state index in [9.17, 15) is 9.59 Å². The molecule has 0 aliphatic heterocycles. The molecule has 0 aliphatic carbocycles. The zero-order valence-corrected chi connectivity index (χ0v) is 17.2. The van der Waals surface area contributed by atoms with Crippen LogP contribution >= 0.6 is 0 Å². The van der Waals surface area contributed by atoms with Gasteiger partial charge in [0, 0.05) is 5.39 Å². The molecule has 0 unspecified atom stereocenters. The van der Waals surface area contributed by atoms with Gasteiger partial charge in [0.15, 0.2) is 12.4 Å². The van der Waals surface area contributed by atoms with Crippen LogP contribution in [-0.2, 0) is 4.79 Å². The standard InChI is InChI=1S/C25H17N3O5/c29-23(30)15-32-18-11-9-16(10-12-18)14-26-28-24(22-13-17-5-1-4-8-21(17)33-22)27-20-7-3-2-6-19(20)25(28)31/h1-14H,15H2,(H,29,30). The molecule has 8 heteroatoms. The highest BCUT2D eigenvalue weighted by Crippen LogP contribution is 2.27. The average molecular weight is 439 g/mol. The van der Waals surface area contributed by atoms with Crippen LogP contribution in [0.25, 0.3) is 33.5 Å². The fourth-order valence-corrected chi connectivity index (χ4v) is 3.40. The van der Waals surface area contributed by atoms with E-state index in [4.69, 9.17) is 14.3 Å². The second kappa shape index (κ2) is 8.43. The van der Waals surface area contributed by atoms with Crippen molar-refractivity contribution >= 4 is 34.1 Å². The summed E-state index contributed by atoms with van der Waals surface area (Å²) < 4.78 is 12.3. The normalized spacial score (nSPS) is 11.4. The number of furan rings is 1. The number of carboxylic acid groups (broad SMARTS) is 1. The van der Waals surface area contributed by atoms with E-state index in [2.05, 4.69) is 10.1 Å². The lowest BCUT2D eigenvalue weighted by atomic mass is 10.2. The number of carbonyl (C=O) groups is 1. The maximum Gasteiger partial charge on any atom is 0.341 e. The first-order valence-electron chi connectivity index (χ1n) is 10.1. The number of aliphatic carboxylic acids is 1. The van der Waals surface area contributed by atoms with Crippen molar-refractivity contribution in [3.05, 3.63) is 94.8 Å². The van der Waals surface area contributed by atoms with Crippen molar-refractivity contribution in [2.75, 3.05) is 6.61 Å². The lowest BCUT2D eigenvalue weighted by Crippen LogP contribution is -2.20. The summed E-state index contributed by atoms with van der Waals surface area (Å²) in [5.41, 5.74) is 1.59. The molecule has 3 aromatic carbocycles. The monoisotopic (exact) mass is 439 g/mol. The van der Waals surface area contributed by atoms with Crippen molar-refractivity contribution in [2.24, 2.45) is 5.10 Å². The highest BCUT2D eigenvalue weighted by Gasteiger charge is 2.16. The molecule has 8 nitrogen and oxygen atoms in total. The smallest absolute Gasteiger partial charge is 0.341 e. The Hall–Kier alpha value is -4.72. The third kappa shape index (κ3) is 4.09. The lowest BCUT2D eigenvalue weighted by molar-refractivity contribution is -0.139. The zero-order chi connectivity index (χ0) is 22.8. The van der Waals surface area contributed by atoms with E-state index in [1.807, 2.05) is 36.4 Å². The van der Waals surface area contributed by atoms with Crippen molar-refractivity contribution in [3.8, 4) is 17.3 Å². The Balaban J connectivity index is 1.58. The van der Waals surface area contributed by atoms with Gasteiger partial charge in [0.1, 0.15) is 11.3 Å². The van der Waals surface area contributed by atoms with Gasteiger partial charge in [0.2, 0.25) is 5.82 Å². The molecule has 0 atom stereocenters. The average Bonchev–Trinajstić information content (AvgIpc) is 3.27. The molecule has 2 heterocycles. The number of benzene rings is 3. The van der Waals surface area contributed by atoms with E-state index in [0.717, 1.165) is 5.39 Å². The van der Waals surface area contributed by atoms with E-state index < -0.39 is 12.6 Å². The summed E-state index contributed by atoms with van der Waals surface area (Å²) in [6.07, 6.45) is 1.52. The van der Waals surface area contributed by atoms with Crippen LogP contribution in [0.3, 0.4) is 0 Å². The minimum absolute atomic E-state index is 0.285. The summed E-state index contributed by atoms with van der Waals surface area (Å²) in [6, 6.07) is 23.1. The van der Waals surface area contributed by atoms with E-state index >= 15 is 0 Å². The molecule has 0 bridgehead atoms. The minimum Gasteiger partial charge on any atom is -0.482 e. The van der Waals surface area contributed by atoms with Crippen LogP contribution in [0, 0.1) is 0 Å². The van der Waals surface area contributed by atoms with Crippen LogP contribution in [0.1, 0.15) is 5.56 Å². The van der Waals surface area contributed by atoms with Gasteiger partial charge in [-0.15, -0.1) is 0 Å². The summed E-state index contributed by atoms with van der Waals surface area (Å²) in [5.74, 6) is 0.0742. The largest absolute Gasteiger partial charge is 0.482 e. The molecule has 0 saturated heterocycles. The molecule has 0 radical (unpaired) electrons. The van der Waals surface area contributed by atoms with Gasteiger partial charge in [-0.3, -0.25) is 4.79 Å². The Morgan fingerprint density at radius 2 is 1.82 bits per heavy atom. The first-order valence-corrected chi connectivity index (χ1v) is 10.1. The van der Waals surface area contributed by atoms with Crippen molar-refractivity contribution in [1.82, 2.24) is 9.66 Å². The first-order chi connectivity index (χ1) is 16.1. The van der Waals surface area contributed by atoms with Gasteiger partial charge in [-0.25, -0.2) is 9.78 Å². The predicted molar refractivity (Wildman–Crippen MR) is 124 cm³/mol. The molecule has 0 saturated carbocycles. The molecule has 1 N–H and O–H groups in total. The Morgan fingerprint density at radius 3 is 2.61 bits per heavy atom. The summed E-state index contributed by atoms with van der Waals surface area (Å²) >= 11 is 0. The van der Waals surface area contributed by atoms with Crippen molar-refractivity contribution in [1.29, 1.82) is 0 Å². The maximum atomic E-state index is 13.3. The fourth-order valence-electron chi connectivity index (χ4n) is 3.40. The zero-order valence-electron chi connectivity index (χ0n) is 17.2. The number of hydrogen-bond donors (Lipinski definition) is 1. The molecule has 162 valence electrons. The van der Waals surface area contributed by atoms with Gasteiger partial charge in [-0.2, -0.15) is 9.78 Å². The molecule has 5 rings (SSSR count). The SMILES string of the molecule is O=C(O)COc1ccc(C=Nn2c(-c3cc4ccccc4o3)nc3ccccc3c2=O)cc1. The van der Waals surface area contributed by atoms with E-state index in [1.165, 1.54) is 10.9 Å². The van der Waals surface area contributed by atoms with Crippen molar-refractivity contribution in [3.63, 3.8) is 0 Å². The molecular weight excluding hydrogens is 422 g/mol. The Morgan fingerprint density at radius 1 is 1.06 bits per heavy atom. The number of rotatable bonds is 6. The van der Waals surface area contributed by atoms with Crippen LogP contribution in [0.15, 0.2) is 93.2 Å². The second-order valence-corrected chi connectivity index (χ2v) is 7.21. The van der Waals surface area contributed by atoms with Gasteiger partial charge < -0.3 is 14.3 Å². The molecular formula is C25H17N3O5. The number of carboxylic acids is 1. The van der Waals surface area contributed by atoms with E-state index in [1.54, 1.807) is 42.5 Å². The topological polar surface area (TPSA) is 107 Å². The third-order valence-corrected chi connectivity index (χ3v) is 4.96. The Bertz CT molecular complexity index is 1530. The van der Waals surface area contributed by atoms with Crippen LogP contribution < -0.4 is 10.3 Å². The van der Waals surface area contributed by atoms with Crippen LogP contribution in [0.5, 0.6) is 5.75 Å².